The second-order valence-electron chi connectivity index (χ2n) is 4.69. The van der Waals surface area contributed by atoms with Gasteiger partial charge in [-0.3, -0.25) is 0 Å². The van der Waals surface area contributed by atoms with Gasteiger partial charge in [-0.05, 0) is 37.1 Å². The second kappa shape index (κ2) is 6.65. The number of rotatable bonds is 5. The number of nitrogens with two attached hydrogens (primary N) is 2. The third-order valence-electron chi connectivity index (χ3n) is 3.05. The van der Waals surface area contributed by atoms with Crippen molar-refractivity contribution in [2.24, 2.45) is 11.5 Å². The van der Waals surface area contributed by atoms with Gasteiger partial charge >= 0.3 is 12.4 Å². The number of halogens is 6. The Bertz CT molecular complexity index is 467. The van der Waals surface area contributed by atoms with Gasteiger partial charge in [0.15, 0.2) is 0 Å². The highest BCUT2D eigenvalue weighted by atomic mass is 19.4. The molecule has 0 aliphatic rings. The van der Waals surface area contributed by atoms with Crippen LogP contribution in [0.3, 0.4) is 0 Å². The molecule has 0 bridgehead atoms. The molecule has 120 valence electrons. The Hall–Kier alpha value is -1.28. The molecule has 0 aliphatic heterocycles. The molecule has 0 saturated carbocycles. The summed E-state index contributed by atoms with van der Waals surface area (Å²) in [6, 6.07) is 0.556. The topological polar surface area (TPSA) is 52.0 Å². The molecule has 0 aromatic heterocycles. The van der Waals surface area contributed by atoms with Crippen molar-refractivity contribution in [1.29, 1.82) is 0 Å². The van der Waals surface area contributed by atoms with Gasteiger partial charge < -0.3 is 11.5 Å². The van der Waals surface area contributed by atoms with Crippen molar-refractivity contribution in [3.63, 3.8) is 0 Å². The smallest absolute Gasteiger partial charge is 0.330 e. The molecule has 1 atom stereocenters. The van der Waals surface area contributed by atoms with E-state index in [-0.39, 0.29) is 18.1 Å². The summed E-state index contributed by atoms with van der Waals surface area (Å²) in [7, 11) is 0. The molecule has 0 unspecified atom stereocenters. The molecule has 0 spiro atoms. The van der Waals surface area contributed by atoms with E-state index in [0.29, 0.717) is 25.5 Å². The lowest BCUT2D eigenvalue weighted by Gasteiger charge is -2.20. The van der Waals surface area contributed by atoms with Crippen LogP contribution in [0.4, 0.5) is 26.3 Å². The van der Waals surface area contributed by atoms with E-state index in [1.54, 1.807) is 0 Å². The van der Waals surface area contributed by atoms with E-state index in [9.17, 15) is 26.3 Å². The molecule has 4 N–H and O–H groups in total. The van der Waals surface area contributed by atoms with Crippen LogP contribution < -0.4 is 11.5 Å². The maximum absolute atomic E-state index is 12.9. The first kappa shape index (κ1) is 17.8. The van der Waals surface area contributed by atoms with E-state index in [1.807, 2.05) is 0 Å². The summed E-state index contributed by atoms with van der Waals surface area (Å²) in [5.74, 6) is 0. The quantitative estimate of drug-likeness (QED) is 0.640. The predicted octanol–water partition coefficient (Wildman–Crippen LogP) is 3.85. The summed E-state index contributed by atoms with van der Waals surface area (Å²) in [4.78, 5) is 0. The SMILES string of the molecule is NCCCC[C@H](N)c1ccc(C(F)(F)F)cc1C(F)(F)F. The number of alkyl halides is 6. The number of unbranched alkanes of at least 4 members (excludes halogenated alkanes) is 1. The largest absolute Gasteiger partial charge is 0.416 e. The van der Waals surface area contributed by atoms with Gasteiger partial charge in [-0.25, -0.2) is 0 Å². The summed E-state index contributed by atoms with van der Waals surface area (Å²) in [5, 5.41) is 0. The lowest BCUT2D eigenvalue weighted by atomic mass is 9.94. The molecule has 1 aromatic rings. The zero-order valence-corrected chi connectivity index (χ0v) is 11.1. The molecule has 0 aliphatic carbocycles. The molecule has 2 nitrogen and oxygen atoms in total. The van der Waals surface area contributed by atoms with E-state index >= 15 is 0 Å². The Labute approximate surface area is 118 Å². The molecule has 0 radical (unpaired) electrons. The first-order valence-corrected chi connectivity index (χ1v) is 6.31. The molecule has 0 fully saturated rings. The van der Waals surface area contributed by atoms with Crippen LogP contribution in [0, 0.1) is 0 Å². The molecule has 8 heteroatoms. The van der Waals surface area contributed by atoms with Gasteiger partial charge in [0, 0.05) is 6.04 Å². The second-order valence-corrected chi connectivity index (χ2v) is 4.69. The average Bonchev–Trinajstić information content (AvgIpc) is 2.36. The van der Waals surface area contributed by atoms with Crippen molar-refractivity contribution in [1.82, 2.24) is 0 Å². The maximum Gasteiger partial charge on any atom is 0.416 e. The minimum Gasteiger partial charge on any atom is -0.330 e. The zero-order chi connectivity index (χ0) is 16.3. The Morgan fingerprint density at radius 1 is 0.952 bits per heavy atom. The zero-order valence-electron chi connectivity index (χ0n) is 11.1. The van der Waals surface area contributed by atoms with E-state index in [4.69, 9.17) is 11.5 Å². The first-order valence-electron chi connectivity index (χ1n) is 6.31. The number of hydrogen-bond donors (Lipinski definition) is 2. The summed E-state index contributed by atoms with van der Waals surface area (Å²) in [6.45, 7) is 0.381. The maximum atomic E-state index is 12.9. The molecule has 0 heterocycles. The van der Waals surface area contributed by atoms with Gasteiger partial charge in [0.05, 0.1) is 11.1 Å². The van der Waals surface area contributed by atoms with Crippen LogP contribution in [-0.2, 0) is 12.4 Å². The van der Waals surface area contributed by atoms with Crippen molar-refractivity contribution in [2.45, 2.75) is 37.7 Å². The lowest BCUT2D eigenvalue weighted by molar-refractivity contribution is -0.143. The van der Waals surface area contributed by atoms with Crippen molar-refractivity contribution >= 4 is 0 Å². The highest BCUT2D eigenvalue weighted by Gasteiger charge is 2.38. The Morgan fingerprint density at radius 3 is 2.05 bits per heavy atom. The van der Waals surface area contributed by atoms with Crippen LogP contribution in [0.2, 0.25) is 0 Å². The predicted molar refractivity (Wildman–Crippen MR) is 66.3 cm³/mol. The normalized spacial score (nSPS) is 14.3. The van der Waals surface area contributed by atoms with Crippen LogP contribution in [0.1, 0.15) is 42.0 Å². The molecule has 0 saturated heterocycles. The van der Waals surface area contributed by atoms with E-state index in [1.165, 1.54) is 0 Å². The molecule has 1 aromatic carbocycles. The third-order valence-corrected chi connectivity index (χ3v) is 3.05. The van der Waals surface area contributed by atoms with Crippen molar-refractivity contribution in [3.05, 3.63) is 34.9 Å². The summed E-state index contributed by atoms with van der Waals surface area (Å²) in [6.07, 6.45) is -8.39. The fourth-order valence-corrected chi connectivity index (χ4v) is 1.97. The summed E-state index contributed by atoms with van der Waals surface area (Å²) < 4.78 is 76.3. The minimum absolute atomic E-state index is 0.109. The van der Waals surface area contributed by atoms with Gasteiger partial charge in [0.2, 0.25) is 0 Å². The van der Waals surface area contributed by atoms with Crippen LogP contribution in [-0.4, -0.2) is 6.54 Å². The van der Waals surface area contributed by atoms with Gasteiger partial charge in [0.25, 0.3) is 0 Å². The lowest BCUT2D eigenvalue weighted by Crippen LogP contribution is -2.19. The number of hydrogen-bond acceptors (Lipinski definition) is 2. The molecule has 0 amide bonds. The summed E-state index contributed by atoms with van der Waals surface area (Å²) >= 11 is 0. The first-order chi connectivity index (χ1) is 9.57. The van der Waals surface area contributed by atoms with Crippen molar-refractivity contribution in [2.75, 3.05) is 6.54 Å². The van der Waals surface area contributed by atoms with Crippen LogP contribution in [0.5, 0.6) is 0 Å². The Kier molecular flexibility index (Phi) is 5.63. The van der Waals surface area contributed by atoms with E-state index in [2.05, 4.69) is 0 Å². The molecule has 21 heavy (non-hydrogen) atoms. The molecular formula is C13H16F6N2. The van der Waals surface area contributed by atoms with Gasteiger partial charge in [-0.2, -0.15) is 26.3 Å². The van der Waals surface area contributed by atoms with Crippen molar-refractivity contribution in [3.8, 4) is 0 Å². The highest BCUT2D eigenvalue weighted by molar-refractivity contribution is 5.37. The van der Waals surface area contributed by atoms with Crippen LogP contribution in [0.25, 0.3) is 0 Å². The Morgan fingerprint density at radius 2 is 1.57 bits per heavy atom. The molecule has 1 rings (SSSR count). The highest BCUT2D eigenvalue weighted by Crippen LogP contribution is 2.39. The van der Waals surface area contributed by atoms with Crippen LogP contribution in [0.15, 0.2) is 18.2 Å². The minimum atomic E-state index is -4.89. The van der Waals surface area contributed by atoms with Crippen molar-refractivity contribution < 1.29 is 26.3 Å². The van der Waals surface area contributed by atoms with Gasteiger partial charge in [-0.15, -0.1) is 0 Å². The Balaban J connectivity index is 3.14. The third kappa shape index (κ3) is 4.89. The fraction of sp³-hybridized carbons (Fsp3) is 0.538. The average molecular weight is 314 g/mol. The van der Waals surface area contributed by atoms with Gasteiger partial charge in [-0.1, -0.05) is 12.5 Å². The van der Waals surface area contributed by atoms with E-state index in [0.717, 1.165) is 6.07 Å². The number of benzene rings is 1. The molecular weight excluding hydrogens is 298 g/mol. The monoisotopic (exact) mass is 314 g/mol. The standard InChI is InChI=1S/C13H16F6N2/c14-12(15,16)8-4-5-9(10(7-8)13(17,18)19)11(21)3-1-2-6-20/h4-5,7,11H,1-3,6,20-21H2/t11-/m0/s1. The van der Waals surface area contributed by atoms with Gasteiger partial charge in [0.1, 0.15) is 0 Å². The van der Waals surface area contributed by atoms with Crippen LogP contribution >= 0.6 is 0 Å². The fourth-order valence-electron chi connectivity index (χ4n) is 1.97. The van der Waals surface area contributed by atoms with E-state index < -0.39 is 29.5 Å². The summed E-state index contributed by atoms with van der Waals surface area (Å²) in [5.41, 5.74) is 7.94.